The summed E-state index contributed by atoms with van der Waals surface area (Å²) in [6, 6.07) is 13.4. The van der Waals surface area contributed by atoms with Gasteiger partial charge in [0.05, 0.1) is 16.2 Å². The average molecular weight is 287 g/mol. The third kappa shape index (κ3) is 2.21. The van der Waals surface area contributed by atoms with E-state index in [0.717, 1.165) is 22.2 Å². The summed E-state index contributed by atoms with van der Waals surface area (Å²) in [6.45, 7) is 0.463. The number of hydrogen-bond donors (Lipinski definition) is 1. The summed E-state index contributed by atoms with van der Waals surface area (Å²) in [6.07, 6.45) is 2.04. The maximum absolute atomic E-state index is 6.09. The topological polar surface area (TPSA) is 40.2 Å². The fraction of sp³-hybridized carbons (Fsp3) is 0.125. The van der Waals surface area contributed by atoms with Crippen molar-refractivity contribution in [3.05, 3.63) is 59.2 Å². The van der Waals surface area contributed by atoms with Crippen molar-refractivity contribution in [1.29, 1.82) is 0 Å². The lowest BCUT2D eigenvalue weighted by atomic mass is 10.1. The van der Waals surface area contributed by atoms with Crippen LogP contribution in [0.25, 0.3) is 10.9 Å². The molecule has 0 spiro atoms. The highest BCUT2D eigenvalue weighted by Crippen LogP contribution is 2.28. The van der Waals surface area contributed by atoms with Crippen molar-refractivity contribution in [1.82, 2.24) is 4.57 Å². The monoisotopic (exact) mass is 286 g/mol. The highest BCUT2D eigenvalue weighted by atomic mass is 35.5. The number of anilines is 1. The Bertz CT molecular complexity index is 764. The molecule has 0 amide bonds. The van der Waals surface area contributed by atoms with E-state index in [1.807, 2.05) is 54.2 Å². The predicted octanol–water partition coefficient (Wildman–Crippen LogP) is 3.99. The van der Waals surface area contributed by atoms with Crippen molar-refractivity contribution in [2.75, 3.05) is 5.73 Å². The molecule has 1 aromatic heterocycles. The molecule has 0 saturated carbocycles. The van der Waals surface area contributed by atoms with Gasteiger partial charge < -0.3 is 15.0 Å². The van der Waals surface area contributed by atoms with E-state index in [2.05, 4.69) is 6.07 Å². The van der Waals surface area contributed by atoms with Gasteiger partial charge in [-0.05, 0) is 18.2 Å². The second-order valence-electron chi connectivity index (χ2n) is 4.73. The summed E-state index contributed by atoms with van der Waals surface area (Å²) in [5.41, 5.74) is 8.92. The molecule has 3 rings (SSSR count). The molecule has 20 heavy (non-hydrogen) atoms. The lowest BCUT2D eigenvalue weighted by Crippen LogP contribution is -1.95. The number of halogens is 1. The van der Waals surface area contributed by atoms with Crippen LogP contribution in [0.5, 0.6) is 5.75 Å². The molecule has 2 aromatic carbocycles. The fourth-order valence-corrected chi connectivity index (χ4v) is 2.60. The van der Waals surface area contributed by atoms with E-state index >= 15 is 0 Å². The van der Waals surface area contributed by atoms with Gasteiger partial charge in [-0.15, -0.1) is 0 Å². The molecule has 4 heteroatoms. The lowest BCUT2D eigenvalue weighted by Gasteiger charge is -2.07. The molecule has 0 bridgehead atoms. The van der Waals surface area contributed by atoms with Crippen LogP contribution in [-0.4, -0.2) is 4.57 Å². The van der Waals surface area contributed by atoms with Gasteiger partial charge in [-0.25, -0.2) is 0 Å². The lowest BCUT2D eigenvalue weighted by molar-refractivity contribution is 0.307. The van der Waals surface area contributed by atoms with Crippen molar-refractivity contribution in [3.63, 3.8) is 0 Å². The van der Waals surface area contributed by atoms with Crippen molar-refractivity contribution < 1.29 is 4.74 Å². The first-order chi connectivity index (χ1) is 9.66. The standard InChI is InChI=1S/C16H15ClN2O/c1-19-9-11(12-5-4-7-14(18)16(12)19)10-20-15-8-3-2-6-13(15)17/h2-9H,10,18H2,1H3. The summed E-state index contributed by atoms with van der Waals surface area (Å²) in [4.78, 5) is 0. The van der Waals surface area contributed by atoms with Crippen LogP contribution in [0.15, 0.2) is 48.7 Å². The minimum absolute atomic E-state index is 0.463. The molecule has 1 heterocycles. The summed E-state index contributed by atoms with van der Waals surface area (Å²) in [5.74, 6) is 0.690. The van der Waals surface area contributed by atoms with E-state index in [-0.39, 0.29) is 0 Å². The smallest absolute Gasteiger partial charge is 0.138 e. The molecule has 2 N–H and O–H groups in total. The van der Waals surface area contributed by atoms with Gasteiger partial charge in [-0.1, -0.05) is 35.9 Å². The van der Waals surface area contributed by atoms with E-state index in [4.69, 9.17) is 22.1 Å². The molecule has 102 valence electrons. The number of nitrogens with two attached hydrogens (primary N) is 1. The number of nitrogens with zero attached hydrogens (tertiary/aromatic N) is 1. The summed E-state index contributed by atoms with van der Waals surface area (Å²) >= 11 is 6.09. The van der Waals surface area contributed by atoms with E-state index in [1.165, 1.54) is 0 Å². The zero-order chi connectivity index (χ0) is 14.1. The maximum atomic E-state index is 6.09. The number of para-hydroxylation sites is 2. The number of ether oxygens (including phenoxy) is 1. The van der Waals surface area contributed by atoms with Gasteiger partial charge in [-0.3, -0.25) is 0 Å². The Morgan fingerprint density at radius 2 is 1.95 bits per heavy atom. The van der Waals surface area contributed by atoms with Crippen LogP contribution in [-0.2, 0) is 13.7 Å². The molecule has 3 nitrogen and oxygen atoms in total. The van der Waals surface area contributed by atoms with Gasteiger partial charge in [0.2, 0.25) is 0 Å². The molecule has 0 radical (unpaired) electrons. The van der Waals surface area contributed by atoms with Gasteiger partial charge >= 0.3 is 0 Å². The Hall–Kier alpha value is -2.13. The highest BCUT2D eigenvalue weighted by Gasteiger charge is 2.10. The zero-order valence-corrected chi connectivity index (χ0v) is 11.9. The first-order valence-corrected chi connectivity index (χ1v) is 6.74. The van der Waals surface area contributed by atoms with Gasteiger partial charge in [0, 0.05) is 24.2 Å². The Balaban J connectivity index is 1.93. The normalized spacial score (nSPS) is 10.9. The van der Waals surface area contributed by atoms with Crippen LogP contribution >= 0.6 is 11.6 Å². The van der Waals surface area contributed by atoms with Gasteiger partial charge in [-0.2, -0.15) is 0 Å². The molecule has 0 aliphatic carbocycles. The zero-order valence-electron chi connectivity index (χ0n) is 11.1. The van der Waals surface area contributed by atoms with Crippen molar-refractivity contribution in [3.8, 4) is 5.75 Å². The minimum atomic E-state index is 0.463. The van der Waals surface area contributed by atoms with Crippen LogP contribution in [0.1, 0.15) is 5.56 Å². The Labute approximate surface area is 122 Å². The second kappa shape index (κ2) is 5.10. The average Bonchev–Trinajstić information content (AvgIpc) is 2.76. The quantitative estimate of drug-likeness (QED) is 0.740. The first-order valence-electron chi connectivity index (χ1n) is 6.36. The van der Waals surface area contributed by atoms with E-state index in [1.54, 1.807) is 0 Å². The SMILES string of the molecule is Cn1cc(COc2ccccc2Cl)c2cccc(N)c21. The van der Waals surface area contributed by atoms with E-state index in [0.29, 0.717) is 17.4 Å². The van der Waals surface area contributed by atoms with Gasteiger partial charge in [0.15, 0.2) is 0 Å². The summed E-state index contributed by atoms with van der Waals surface area (Å²) in [7, 11) is 1.98. The summed E-state index contributed by atoms with van der Waals surface area (Å²) in [5, 5.41) is 1.73. The molecule has 0 fully saturated rings. The Morgan fingerprint density at radius 1 is 1.15 bits per heavy atom. The van der Waals surface area contributed by atoms with E-state index in [9.17, 15) is 0 Å². The number of aromatic nitrogens is 1. The van der Waals surface area contributed by atoms with Gasteiger partial charge in [0.25, 0.3) is 0 Å². The third-order valence-corrected chi connectivity index (χ3v) is 3.65. The third-order valence-electron chi connectivity index (χ3n) is 3.34. The number of rotatable bonds is 3. The molecular weight excluding hydrogens is 272 g/mol. The molecule has 3 aromatic rings. The van der Waals surface area contributed by atoms with Gasteiger partial charge in [0.1, 0.15) is 12.4 Å². The first kappa shape index (κ1) is 12.9. The van der Waals surface area contributed by atoms with Crippen molar-refractivity contribution in [2.24, 2.45) is 7.05 Å². The molecule has 0 aliphatic rings. The van der Waals surface area contributed by atoms with Crippen molar-refractivity contribution >= 4 is 28.2 Å². The molecule has 0 saturated heterocycles. The Kier molecular flexibility index (Phi) is 3.28. The molecule has 0 atom stereocenters. The highest BCUT2D eigenvalue weighted by molar-refractivity contribution is 6.32. The number of hydrogen-bond acceptors (Lipinski definition) is 2. The molecule has 0 unspecified atom stereocenters. The number of fused-ring (bicyclic) bond motifs is 1. The number of benzene rings is 2. The second-order valence-corrected chi connectivity index (χ2v) is 5.13. The van der Waals surface area contributed by atoms with Crippen LogP contribution in [0.4, 0.5) is 5.69 Å². The predicted molar refractivity (Wildman–Crippen MR) is 83.1 cm³/mol. The largest absolute Gasteiger partial charge is 0.487 e. The Morgan fingerprint density at radius 3 is 2.75 bits per heavy atom. The van der Waals surface area contributed by atoms with E-state index < -0.39 is 0 Å². The number of nitrogen functional groups attached to an aromatic ring is 1. The van der Waals surface area contributed by atoms with Crippen molar-refractivity contribution in [2.45, 2.75) is 6.61 Å². The van der Waals surface area contributed by atoms with Crippen LogP contribution < -0.4 is 10.5 Å². The van der Waals surface area contributed by atoms with Crippen LogP contribution in [0.2, 0.25) is 5.02 Å². The summed E-state index contributed by atoms with van der Waals surface area (Å²) < 4.78 is 7.82. The maximum Gasteiger partial charge on any atom is 0.138 e. The minimum Gasteiger partial charge on any atom is -0.487 e. The molecule has 0 aliphatic heterocycles. The van der Waals surface area contributed by atoms with Crippen LogP contribution in [0.3, 0.4) is 0 Å². The fourth-order valence-electron chi connectivity index (χ4n) is 2.41. The molecular formula is C16H15ClN2O. The number of aryl methyl sites for hydroxylation is 1. The van der Waals surface area contributed by atoms with Crippen LogP contribution in [0, 0.1) is 0 Å².